The van der Waals surface area contributed by atoms with Gasteiger partial charge in [0.15, 0.2) is 0 Å². The molecule has 2 N–H and O–H groups in total. The predicted octanol–water partition coefficient (Wildman–Crippen LogP) is 4.30. The van der Waals surface area contributed by atoms with Crippen LogP contribution in [-0.2, 0) is 6.54 Å². The monoisotopic (exact) mass is 352 g/mol. The van der Waals surface area contributed by atoms with Crippen LogP contribution in [0.2, 0.25) is 5.02 Å². The minimum absolute atomic E-state index is 0.285. The smallest absolute Gasteiger partial charge is 0.258 e. The second-order valence-corrected chi connectivity index (χ2v) is 6.04. The van der Waals surface area contributed by atoms with Gasteiger partial charge in [0.2, 0.25) is 5.95 Å². The first-order valence-electron chi connectivity index (χ1n) is 7.78. The van der Waals surface area contributed by atoms with Crippen LogP contribution in [0, 0.1) is 6.92 Å². The highest BCUT2D eigenvalue weighted by Crippen LogP contribution is 2.16. The number of benzene rings is 2. The quantitative estimate of drug-likeness (QED) is 0.718. The Morgan fingerprint density at radius 1 is 1.08 bits per heavy atom. The Kier molecular flexibility index (Phi) is 5.26. The van der Waals surface area contributed by atoms with Crippen molar-refractivity contribution in [3.8, 4) is 0 Å². The summed E-state index contributed by atoms with van der Waals surface area (Å²) in [5.74, 6) is 0.187. The van der Waals surface area contributed by atoms with Crippen molar-refractivity contribution in [1.29, 1.82) is 0 Å². The standard InChI is InChI=1S/C19H17ClN4O/c1-13-5-7-14(8-6-13)10-21-19-22-11-15(12-23-19)18(25)24-17-4-2-3-16(20)9-17/h2-9,11-12H,10H2,1H3,(H,24,25)(H,21,22,23). The van der Waals surface area contributed by atoms with Crippen molar-refractivity contribution in [1.82, 2.24) is 9.97 Å². The Hall–Kier alpha value is -2.92. The lowest BCUT2D eigenvalue weighted by atomic mass is 10.1. The number of rotatable bonds is 5. The Labute approximate surface area is 151 Å². The van der Waals surface area contributed by atoms with Crippen LogP contribution in [-0.4, -0.2) is 15.9 Å². The summed E-state index contributed by atoms with van der Waals surface area (Å²) >= 11 is 5.90. The first kappa shape index (κ1) is 16.9. The maximum absolute atomic E-state index is 12.2. The van der Waals surface area contributed by atoms with Crippen LogP contribution in [0.3, 0.4) is 0 Å². The van der Waals surface area contributed by atoms with Crippen LogP contribution in [0.1, 0.15) is 21.5 Å². The lowest BCUT2D eigenvalue weighted by Gasteiger charge is -2.07. The molecular weight excluding hydrogens is 336 g/mol. The molecule has 0 bridgehead atoms. The van der Waals surface area contributed by atoms with Gasteiger partial charge in [-0.3, -0.25) is 4.79 Å². The highest BCUT2D eigenvalue weighted by Gasteiger charge is 2.08. The molecule has 1 aromatic heterocycles. The van der Waals surface area contributed by atoms with Crippen LogP contribution in [0.15, 0.2) is 60.9 Å². The van der Waals surface area contributed by atoms with E-state index in [0.29, 0.717) is 28.8 Å². The van der Waals surface area contributed by atoms with E-state index in [0.717, 1.165) is 5.56 Å². The molecule has 2 aromatic carbocycles. The number of aryl methyl sites for hydroxylation is 1. The normalized spacial score (nSPS) is 10.3. The molecule has 3 aromatic rings. The number of anilines is 2. The van der Waals surface area contributed by atoms with Gasteiger partial charge in [-0.1, -0.05) is 47.5 Å². The topological polar surface area (TPSA) is 66.9 Å². The zero-order chi connectivity index (χ0) is 17.6. The lowest BCUT2D eigenvalue weighted by Crippen LogP contribution is -2.13. The van der Waals surface area contributed by atoms with Crippen molar-refractivity contribution in [2.24, 2.45) is 0 Å². The number of nitrogens with one attached hydrogen (secondary N) is 2. The van der Waals surface area contributed by atoms with E-state index in [-0.39, 0.29) is 5.91 Å². The highest BCUT2D eigenvalue weighted by atomic mass is 35.5. The molecule has 6 heteroatoms. The van der Waals surface area contributed by atoms with Crippen LogP contribution in [0.5, 0.6) is 0 Å². The van der Waals surface area contributed by atoms with Gasteiger partial charge in [-0.05, 0) is 30.7 Å². The third-order valence-electron chi connectivity index (χ3n) is 3.57. The molecule has 0 aliphatic carbocycles. The van der Waals surface area contributed by atoms with Gasteiger partial charge >= 0.3 is 0 Å². The molecule has 1 heterocycles. The molecule has 0 saturated heterocycles. The fourth-order valence-electron chi connectivity index (χ4n) is 2.19. The zero-order valence-electron chi connectivity index (χ0n) is 13.7. The largest absolute Gasteiger partial charge is 0.350 e. The van der Waals surface area contributed by atoms with Crippen molar-refractivity contribution in [3.05, 3.63) is 82.6 Å². The average Bonchev–Trinajstić information content (AvgIpc) is 2.62. The summed E-state index contributed by atoms with van der Waals surface area (Å²) in [6.07, 6.45) is 2.98. The van der Waals surface area contributed by atoms with Gasteiger partial charge in [-0.15, -0.1) is 0 Å². The van der Waals surface area contributed by atoms with Crippen molar-refractivity contribution < 1.29 is 4.79 Å². The molecule has 3 rings (SSSR count). The predicted molar refractivity (Wildman–Crippen MR) is 99.9 cm³/mol. The summed E-state index contributed by atoms with van der Waals surface area (Å²) in [5, 5.41) is 6.45. The van der Waals surface area contributed by atoms with E-state index in [1.807, 2.05) is 6.92 Å². The summed E-state index contributed by atoms with van der Waals surface area (Å²) in [6.45, 7) is 2.67. The molecule has 0 fully saturated rings. The maximum Gasteiger partial charge on any atom is 0.258 e. The Balaban J connectivity index is 1.59. The van der Waals surface area contributed by atoms with E-state index in [2.05, 4.69) is 44.9 Å². The Bertz CT molecular complexity index is 863. The summed E-state index contributed by atoms with van der Waals surface area (Å²) in [4.78, 5) is 20.6. The van der Waals surface area contributed by atoms with Crippen LogP contribution in [0.4, 0.5) is 11.6 Å². The van der Waals surface area contributed by atoms with E-state index >= 15 is 0 Å². The Morgan fingerprint density at radius 3 is 2.48 bits per heavy atom. The molecule has 0 unspecified atom stereocenters. The minimum atomic E-state index is -0.285. The number of carbonyl (C=O) groups excluding carboxylic acids is 1. The number of halogens is 1. The van der Waals surface area contributed by atoms with Crippen LogP contribution in [0.25, 0.3) is 0 Å². The summed E-state index contributed by atoms with van der Waals surface area (Å²) in [7, 11) is 0. The fraction of sp³-hybridized carbons (Fsp3) is 0.105. The maximum atomic E-state index is 12.2. The van der Waals surface area contributed by atoms with Gasteiger partial charge in [0.05, 0.1) is 5.56 Å². The summed E-state index contributed by atoms with van der Waals surface area (Å²) in [5.41, 5.74) is 3.35. The molecule has 126 valence electrons. The number of amides is 1. The third kappa shape index (κ3) is 4.78. The number of aromatic nitrogens is 2. The summed E-state index contributed by atoms with van der Waals surface area (Å²) in [6, 6.07) is 15.2. The van der Waals surface area contributed by atoms with Crippen LogP contribution < -0.4 is 10.6 Å². The third-order valence-corrected chi connectivity index (χ3v) is 3.80. The molecule has 0 saturated carbocycles. The number of nitrogens with zero attached hydrogens (tertiary/aromatic N) is 2. The fourth-order valence-corrected chi connectivity index (χ4v) is 2.38. The van der Waals surface area contributed by atoms with Gasteiger partial charge in [-0.2, -0.15) is 0 Å². The number of hydrogen-bond donors (Lipinski definition) is 2. The molecular formula is C19H17ClN4O. The molecule has 25 heavy (non-hydrogen) atoms. The van der Waals surface area contributed by atoms with E-state index in [9.17, 15) is 4.79 Å². The molecule has 5 nitrogen and oxygen atoms in total. The second-order valence-electron chi connectivity index (χ2n) is 5.60. The van der Waals surface area contributed by atoms with Gasteiger partial charge in [0, 0.05) is 29.6 Å². The van der Waals surface area contributed by atoms with Gasteiger partial charge in [0.1, 0.15) is 0 Å². The van der Waals surface area contributed by atoms with E-state index in [1.54, 1.807) is 24.3 Å². The van der Waals surface area contributed by atoms with Crippen molar-refractivity contribution in [2.75, 3.05) is 10.6 Å². The highest BCUT2D eigenvalue weighted by molar-refractivity contribution is 6.30. The van der Waals surface area contributed by atoms with Crippen molar-refractivity contribution in [2.45, 2.75) is 13.5 Å². The van der Waals surface area contributed by atoms with Crippen molar-refractivity contribution >= 4 is 29.1 Å². The number of hydrogen-bond acceptors (Lipinski definition) is 4. The van der Waals surface area contributed by atoms with Gasteiger partial charge in [0.25, 0.3) is 5.91 Å². The molecule has 1 amide bonds. The Morgan fingerprint density at radius 2 is 1.80 bits per heavy atom. The first-order chi connectivity index (χ1) is 12.1. The molecule has 0 aliphatic rings. The SMILES string of the molecule is Cc1ccc(CNc2ncc(C(=O)Nc3cccc(Cl)c3)cn2)cc1. The van der Waals surface area contributed by atoms with Gasteiger partial charge < -0.3 is 10.6 Å². The van der Waals surface area contributed by atoms with E-state index in [4.69, 9.17) is 11.6 Å². The molecule has 0 radical (unpaired) electrons. The average molecular weight is 353 g/mol. The molecule has 0 aliphatic heterocycles. The second kappa shape index (κ2) is 7.77. The summed E-state index contributed by atoms with van der Waals surface area (Å²) < 4.78 is 0. The van der Waals surface area contributed by atoms with Gasteiger partial charge in [-0.25, -0.2) is 9.97 Å². The van der Waals surface area contributed by atoms with Crippen molar-refractivity contribution in [3.63, 3.8) is 0 Å². The molecule has 0 atom stereocenters. The lowest BCUT2D eigenvalue weighted by molar-refractivity contribution is 0.102. The minimum Gasteiger partial charge on any atom is -0.350 e. The van der Waals surface area contributed by atoms with E-state index in [1.165, 1.54) is 18.0 Å². The number of carbonyl (C=O) groups is 1. The van der Waals surface area contributed by atoms with Crippen LogP contribution >= 0.6 is 11.6 Å². The zero-order valence-corrected chi connectivity index (χ0v) is 14.4. The first-order valence-corrected chi connectivity index (χ1v) is 8.16. The van der Waals surface area contributed by atoms with E-state index < -0.39 is 0 Å². The molecule has 0 spiro atoms.